The van der Waals surface area contributed by atoms with Gasteiger partial charge in [0.05, 0.1) is 18.1 Å². The summed E-state index contributed by atoms with van der Waals surface area (Å²) in [5.74, 6) is 1.07. The van der Waals surface area contributed by atoms with Crippen molar-refractivity contribution in [2.24, 2.45) is 0 Å². The number of rotatable bonds is 3. The molecule has 2 aromatic heterocycles. The van der Waals surface area contributed by atoms with Crippen LogP contribution in [0.4, 0.5) is 5.69 Å². The number of ether oxygens (including phenoxy) is 1. The van der Waals surface area contributed by atoms with E-state index in [1.165, 1.54) is 0 Å². The Bertz CT molecular complexity index is 519. The van der Waals surface area contributed by atoms with Crippen LogP contribution in [0.15, 0.2) is 24.7 Å². The van der Waals surface area contributed by atoms with E-state index in [0.29, 0.717) is 23.4 Å². The first-order valence-electron chi connectivity index (χ1n) is 5.51. The van der Waals surface area contributed by atoms with Crippen molar-refractivity contribution in [2.45, 2.75) is 26.8 Å². The molecule has 0 aliphatic rings. The second-order valence-corrected chi connectivity index (χ2v) is 4.20. The largest absolute Gasteiger partial charge is 0.434 e. The summed E-state index contributed by atoms with van der Waals surface area (Å²) in [7, 11) is 0. The van der Waals surface area contributed by atoms with Gasteiger partial charge in [-0.15, -0.1) is 0 Å². The van der Waals surface area contributed by atoms with Crippen LogP contribution in [0.2, 0.25) is 0 Å². The highest BCUT2D eigenvalue weighted by Crippen LogP contribution is 2.27. The maximum Gasteiger partial charge on any atom is 0.243 e. The SMILES string of the molecule is Cc1ccnc(Oc2cnn(C(C)C)c2)c1N. The third kappa shape index (κ3) is 2.38. The summed E-state index contributed by atoms with van der Waals surface area (Å²) < 4.78 is 7.42. The Morgan fingerprint density at radius 1 is 1.41 bits per heavy atom. The second kappa shape index (κ2) is 4.45. The minimum absolute atomic E-state index is 0.301. The molecule has 0 saturated heterocycles. The van der Waals surface area contributed by atoms with Gasteiger partial charge in [0.2, 0.25) is 5.88 Å². The fraction of sp³-hybridized carbons (Fsp3) is 0.333. The molecule has 2 aromatic rings. The van der Waals surface area contributed by atoms with Gasteiger partial charge < -0.3 is 10.5 Å². The van der Waals surface area contributed by atoms with Crippen LogP contribution in [0.5, 0.6) is 11.6 Å². The van der Waals surface area contributed by atoms with Crippen molar-refractivity contribution in [3.63, 3.8) is 0 Å². The minimum atomic E-state index is 0.301. The Balaban J connectivity index is 2.22. The van der Waals surface area contributed by atoms with Crippen molar-refractivity contribution in [1.29, 1.82) is 0 Å². The van der Waals surface area contributed by atoms with E-state index in [1.807, 2.05) is 23.9 Å². The van der Waals surface area contributed by atoms with Gasteiger partial charge in [0.1, 0.15) is 0 Å². The van der Waals surface area contributed by atoms with Crippen molar-refractivity contribution >= 4 is 5.69 Å². The zero-order chi connectivity index (χ0) is 12.4. The standard InChI is InChI=1S/C12H16N4O/c1-8(2)16-7-10(6-15-16)17-12-11(13)9(3)4-5-14-12/h4-8H,13H2,1-3H3. The van der Waals surface area contributed by atoms with E-state index in [0.717, 1.165) is 5.56 Å². The van der Waals surface area contributed by atoms with Crippen molar-refractivity contribution in [1.82, 2.24) is 14.8 Å². The van der Waals surface area contributed by atoms with Gasteiger partial charge in [-0.05, 0) is 32.4 Å². The topological polar surface area (TPSA) is 66.0 Å². The van der Waals surface area contributed by atoms with Crippen LogP contribution in [0.1, 0.15) is 25.5 Å². The molecule has 2 rings (SSSR count). The molecule has 5 nitrogen and oxygen atoms in total. The Hall–Kier alpha value is -2.04. The zero-order valence-electron chi connectivity index (χ0n) is 10.2. The first kappa shape index (κ1) is 11.4. The van der Waals surface area contributed by atoms with Gasteiger partial charge in [-0.2, -0.15) is 5.10 Å². The van der Waals surface area contributed by atoms with Gasteiger partial charge in [-0.25, -0.2) is 4.98 Å². The number of aromatic nitrogens is 3. The predicted molar refractivity (Wildman–Crippen MR) is 66.1 cm³/mol. The van der Waals surface area contributed by atoms with Crippen LogP contribution in [-0.4, -0.2) is 14.8 Å². The third-order valence-electron chi connectivity index (χ3n) is 2.49. The summed E-state index contributed by atoms with van der Waals surface area (Å²) in [6.07, 6.45) is 5.16. The molecule has 0 fully saturated rings. The summed E-state index contributed by atoms with van der Waals surface area (Å²) in [6.45, 7) is 6.02. The summed E-state index contributed by atoms with van der Waals surface area (Å²) in [5.41, 5.74) is 7.39. The van der Waals surface area contributed by atoms with E-state index in [2.05, 4.69) is 23.9 Å². The highest BCUT2D eigenvalue weighted by Gasteiger charge is 2.08. The Labute approximate surface area is 100 Å². The molecule has 17 heavy (non-hydrogen) atoms. The summed E-state index contributed by atoms with van der Waals surface area (Å²) in [4.78, 5) is 4.10. The Kier molecular flexibility index (Phi) is 2.99. The van der Waals surface area contributed by atoms with E-state index in [9.17, 15) is 0 Å². The van der Waals surface area contributed by atoms with Crippen LogP contribution >= 0.6 is 0 Å². The van der Waals surface area contributed by atoms with Gasteiger partial charge in [-0.1, -0.05) is 0 Å². The van der Waals surface area contributed by atoms with Gasteiger partial charge >= 0.3 is 0 Å². The van der Waals surface area contributed by atoms with E-state index in [4.69, 9.17) is 10.5 Å². The molecular weight excluding hydrogens is 216 g/mol. The molecule has 0 spiro atoms. The molecule has 0 unspecified atom stereocenters. The minimum Gasteiger partial charge on any atom is -0.434 e. The van der Waals surface area contributed by atoms with E-state index in [1.54, 1.807) is 12.4 Å². The molecule has 0 aliphatic carbocycles. The highest BCUT2D eigenvalue weighted by atomic mass is 16.5. The smallest absolute Gasteiger partial charge is 0.243 e. The maximum absolute atomic E-state index is 5.88. The Morgan fingerprint density at radius 3 is 2.82 bits per heavy atom. The average Bonchev–Trinajstić information content (AvgIpc) is 2.73. The van der Waals surface area contributed by atoms with Crippen LogP contribution in [0, 0.1) is 6.92 Å². The molecular formula is C12H16N4O. The Morgan fingerprint density at radius 2 is 2.18 bits per heavy atom. The van der Waals surface area contributed by atoms with Gasteiger partial charge in [-0.3, -0.25) is 4.68 Å². The zero-order valence-corrected chi connectivity index (χ0v) is 10.2. The second-order valence-electron chi connectivity index (χ2n) is 4.20. The van der Waals surface area contributed by atoms with E-state index >= 15 is 0 Å². The molecule has 0 amide bonds. The summed E-state index contributed by atoms with van der Waals surface area (Å²) in [6, 6.07) is 2.15. The van der Waals surface area contributed by atoms with E-state index < -0.39 is 0 Å². The van der Waals surface area contributed by atoms with Gasteiger partial charge in [0.15, 0.2) is 5.75 Å². The number of nitrogens with two attached hydrogens (primary N) is 1. The maximum atomic E-state index is 5.88. The number of nitrogen functional groups attached to an aromatic ring is 1. The fourth-order valence-corrected chi connectivity index (χ4v) is 1.39. The summed E-state index contributed by atoms with van der Waals surface area (Å²) in [5, 5.41) is 4.19. The number of hydrogen-bond acceptors (Lipinski definition) is 4. The lowest BCUT2D eigenvalue weighted by molar-refractivity contribution is 0.461. The van der Waals surface area contributed by atoms with Crippen LogP contribution < -0.4 is 10.5 Å². The molecule has 0 radical (unpaired) electrons. The lowest BCUT2D eigenvalue weighted by atomic mass is 10.2. The molecule has 0 aromatic carbocycles. The quantitative estimate of drug-likeness (QED) is 0.883. The number of anilines is 1. The number of pyridine rings is 1. The van der Waals surface area contributed by atoms with Crippen molar-refractivity contribution in [2.75, 3.05) is 5.73 Å². The van der Waals surface area contributed by atoms with Crippen LogP contribution in [0.3, 0.4) is 0 Å². The highest BCUT2D eigenvalue weighted by molar-refractivity contribution is 5.54. The third-order valence-corrected chi connectivity index (χ3v) is 2.49. The average molecular weight is 232 g/mol. The van der Waals surface area contributed by atoms with Crippen LogP contribution in [0.25, 0.3) is 0 Å². The molecule has 0 atom stereocenters. The number of aryl methyl sites for hydroxylation is 1. The molecule has 90 valence electrons. The van der Waals surface area contributed by atoms with Crippen LogP contribution in [-0.2, 0) is 0 Å². The normalized spacial score (nSPS) is 10.8. The number of hydrogen-bond donors (Lipinski definition) is 1. The molecule has 0 bridgehead atoms. The first-order valence-corrected chi connectivity index (χ1v) is 5.51. The first-order chi connectivity index (χ1) is 8.08. The van der Waals surface area contributed by atoms with Crippen molar-refractivity contribution in [3.8, 4) is 11.6 Å². The molecule has 2 N–H and O–H groups in total. The predicted octanol–water partition coefficient (Wildman–Crippen LogP) is 2.54. The molecule has 0 aliphatic heterocycles. The van der Waals surface area contributed by atoms with Gasteiger partial charge in [0.25, 0.3) is 0 Å². The van der Waals surface area contributed by atoms with Gasteiger partial charge in [0, 0.05) is 12.2 Å². The monoisotopic (exact) mass is 232 g/mol. The molecule has 2 heterocycles. The molecule has 5 heteroatoms. The summed E-state index contributed by atoms with van der Waals surface area (Å²) >= 11 is 0. The molecule has 0 saturated carbocycles. The lowest BCUT2D eigenvalue weighted by Crippen LogP contribution is -2.00. The van der Waals surface area contributed by atoms with Crippen molar-refractivity contribution < 1.29 is 4.74 Å². The van der Waals surface area contributed by atoms with Crippen molar-refractivity contribution in [3.05, 3.63) is 30.2 Å². The lowest BCUT2D eigenvalue weighted by Gasteiger charge is -2.07. The number of nitrogens with zero attached hydrogens (tertiary/aromatic N) is 3. The fourth-order valence-electron chi connectivity index (χ4n) is 1.39. The van der Waals surface area contributed by atoms with E-state index in [-0.39, 0.29) is 0 Å².